The van der Waals surface area contributed by atoms with Crippen molar-refractivity contribution in [3.63, 3.8) is 0 Å². The van der Waals surface area contributed by atoms with E-state index in [9.17, 15) is 13.2 Å². The molecule has 9 heteroatoms. The fourth-order valence-electron chi connectivity index (χ4n) is 4.86. The van der Waals surface area contributed by atoms with Gasteiger partial charge in [-0.15, -0.1) is 0 Å². The molecule has 1 aliphatic rings. The number of nitrogens with one attached hydrogen (secondary N) is 2. The molecule has 0 unspecified atom stereocenters. The molecule has 0 spiro atoms. The van der Waals surface area contributed by atoms with Crippen LogP contribution in [0, 0.1) is 13.8 Å². The van der Waals surface area contributed by atoms with Crippen LogP contribution >= 0.6 is 0 Å². The number of amides is 1. The molecule has 4 rings (SSSR count). The minimum Gasteiger partial charge on any atom is -0.475 e. The van der Waals surface area contributed by atoms with Crippen molar-refractivity contribution < 1.29 is 17.9 Å². The Morgan fingerprint density at radius 2 is 1.61 bits per heavy atom. The van der Waals surface area contributed by atoms with Gasteiger partial charge in [-0.1, -0.05) is 63.8 Å². The van der Waals surface area contributed by atoms with E-state index >= 15 is 0 Å². The lowest BCUT2D eigenvalue weighted by Crippen LogP contribution is -2.52. The first kappa shape index (κ1) is 27.6. The van der Waals surface area contributed by atoms with Gasteiger partial charge in [0.25, 0.3) is 15.9 Å². The van der Waals surface area contributed by atoms with E-state index < -0.39 is 15.6 Å². The van der Waals surface area contributed by atoms with Crippen molar-refractivity contribution in [2.24, 2.45) is 0 Å². The molecule has 202 valence electrons. The lowest BCUT2D eigenvalue weighted by molar-refractivity contribution is 0.0813. The molecule has 4 bridgehead atoms. The number of carbonyl (C=O) groups is 1. The summed E-state index contributed by atoms with van der Waals surface area (Å²) in [6, 6.07) is 13.7. The fraction of sp³-hybridized carbons (Fsp3) is 0.414. The van der Waals surface area contributed by atoms with Crippen LogP contribution in [-0.4, -0.2) is 36.4 Å². The molecule has 0 saturated carbocycles. The summed E-state index contributed by atoms with van der Waals surface area (Å²) in [7, 11) is -4.07. The Balaban J connectivity index is 1.89. The molecule has 1 aliphatic heterocycles. The summed E-state index contributed by atoms with van der Waals surface area (Å²) < 4.78 is 35.4. The van der Waals surface area contributed by atoms with Crippen LogP contribution < -0.4 is 14.8 Å². The topological polar surface area (TPSA) is 110 Å². The summed E-state index contributed by atoms with van der Waals surface area (Å²) in [4.78, 5) is 22.4. The molecular formula is C29H36N4O4S. The predicted molar refractivity (Wildman–Crippen MR) is 149 cm³/mol. The molecule has 0 fully saturated rings. The van der Waals surface area contributed by atoms with Gasteiger partial charge in [0.2, 0.25) is 11.8 Å². The smallest absolute Gasteiger partial charge is 0.264 e. The summed E-state index contributed by atoms with van der Waals surface area (Å²) in [5.74, 6) is -0.171. The summed E-state index contributed by atoms with van der Waals surface area (Å²) in [5, 5.41) is 3.22. The fourth-order valence-corrected chi connectivity index (χ4v) is 5.85. The van der Waals surface area contributed by atoms with Crippen molar-refractivity contribution in [2.75, 3.05) is 11.3 Å². The van der Waals surface area contributed by atoms with Crippen LogP contribution in [0.4, 0.5) is 5.95 Å². The average molecular weight is 537 g/mol. The van der Waals surface area contributed by atoms with Gasteiger partial charge in [0.15, 0.2) is 0 Å². The van der Waals surface area contributed by atoms with Gasteiger partial charge < -0.3 is 10.1 Å². The van der Waals surface area contributed by atoms with Crippen molar-refractivity contribution in [3.05, 3.63) is 65.2 Å². The van der Waals surface area contributed by atoms with E-state index in [1.807, 2.05) is 32.0 Å². The first-order valence-corrected chi connectivity index (χ1v) is 14.7. The van der Waals surface area contributed by atoms with E-state index in [1.54, 1.807) is 18.2 Å². The van der Waals surface area contributed by atoms with Crippen LogP contribution in [0.5, 0.6) is 5.88 Å². The number of unbranched alkanes of at least 4 members (excludes halogenated alkanes) is 2. The maximum atomic E-state index is 13.4. The number of fused-ring (bicyclic) bond motifs is 4. The number of carbonyl (C=O) groups excluding carboxylic acids is 1. The van der Waals surface area contributed by atoms with Crippen molar-refractivity contribution in [1.29, 1.82) is 0 Å². The van der Waals surface area contributed by atoms with Gasteiger partial charge in [-0.05, 0) is 56.0 Å². The number of rotatable bonds is 7. The summed E-state index contributed by atoms with van der Waals surface area (Å²) in [6.45, 7) is 8.40. The largest absolute Gasteiger partial charge is 0.475 e. The Hall–Kier alpha value is -3.46. The molecule has 2 N–H and O–H groups in total. The van der Waals surface area contributed by atoms with Crippen LogP contribution in [0.1, 0.15) is 73.9 Å². The maximum absolute atomic E-state index is 13.4. The summed E-state index contributed by atoms with van der Waals surface area (Å²) in [6.07, 6.45) is 5.21. The second kappa shape index (κ2) is 11.5. The lowest BCUT2D eigenvalue weighted by Gasteiger charge is -2.35. The molecule has 0 atom stereocenters. The Kier molecular flexibility index (Phi) is 8.35. The Labute approximate surface area is 225 Å². The van der Waals surface area contributed by atoms with E-state index in [0.717, 1.165) is 55.2 Å². The number of sulfonamides is 1. The van der Waals surface area contributed by atoms with Gasteiger partial charge in [-0.25, -0.2) is 18.1 Å². The van der Waals surface area contributed by atoms with Gasteiger partial charge in [0.1, 0.15) is 6.61 Å². The number of hydrogen-bond donors (Lipinski definition) is 2. The second-order valence-corrected chi connectivity index (χ2v) is 11.7. The third kappa shape index (κ3) is 6.15. The number of benzene rings is 2. The molecular weight excluding hydrogens is 500 g/mol. The van der Waals surface area contributed by atoms with Crippen molar-refractivity contribution in [1.82, 2.24) is 15.3 Å². The van der Waals surface area contributed by atoms with Crippen molar-refractivity contribution in [2.45, 2.75) is 76.7 Å². The highest BCUT2D eigenvalue weighted by atomic mass is 32.2. The number of aryl methyl sites for hydroxylation is 2. The predicted octanol–water partition coefficient (Wildman–Crippen LogP) is 5.80. The zero-order valence-corrected chi connectivity index (χ0v) is 23.3. The van der Waals surface area contributed by atoms with Gasteiger partial charge in [0, 0.05) is 17.2 Å². The van der Waals surface area contributed by atoms with Gasteiger partial charge >= 0.3 is 0 Å². The normalized spacial score (nSPS) is 16.2. The Morgan fingerprint density at radius 1 is 0.947 bits per heavy atom. The van der Waals surface area contributed by atoms with Gasteiger partial charge in [-0.3, -0.25) is 4.79 Å². The van der Waals surface area contributed by atoms with Crippen LogP contribution in [0.15, 0.2) is 53.4 Å². The number of anilines is 1. The van der Waals surface area contributed by atoms with E-state index in [4.69, 9.17) is 4.74 Å². The molecule has 0 saturated heterocycles. The molecule has 38 heavy (non-hydrogen) atoms. The second-order valence-electron chi connectivity index (χ2n) is 10.0. The molecule has 0 aliphatic carbocycles. The Morgan fingerprint density at radius 3 is 2.26 bits per heavy atom. The van der Waals surface area contributed by atoms with E-state index in [-0.39, 0.29) is 34.8 Å². The monoisotopic (exact) mass is 536 g/mol. The highest BCUT2D eigenvalue weighted by molar-refractivity contribution is 7.92. The molecule has 0 radical (unpaired) electrons. The molecule has 8 nitrogen and oxygen atoms in total. The minimum absolute atomic E-state index is 0.0411. The number of ether oxygens (including phenoxy) is 1. The molecule has 3 aromatic rings. The third-order valence-electron chi connectivity index (χ3n) is 6.96. The average Bonchev–Trinajstić information content (AvgIpc) is 2.89. The van der Waals surface area contributed by atoms with Crippen molar-refractivity contribution in [3.8, 4) is 17.1 Å². The highest BCUT2D eigenvalue weighted by Crippen LogP contribution is 2.31. The number of hydrogen-bond acceptors (Lipinski definition) is 6. The standard InChI is InChI=1S/C29H36N4O4S/c1-5-7-15-29(16-8-6-2)19-37-25-18-24(26-20(3)11-9-12-21(26)4)30-28(31-25)33-38(35,36)23-14-10-13-22(17-23)27(34)32-29/h9-14,17-18H,5-8,15-16,19H2,1-4H3,(H,32,34)(H,30,31,33). The van der Waals surface area contributed by atoms with E-state index in [0.29, 0.717) is 5.69 Å². The van der Waals surface area contributed by atoms with Crippen LogP contribution in [0.2, 0.25) is 0 Å². The molecule has 2 heterocycles. The molecule has 1 amide bonds. The SMILES string of the molecule is CCCCC1(CCCC)COc2cc(-c3c(C)cccc3C)nc(n2)NS(=O)(=O)c2cccc(c2)C(=O)N1. The first-order valence-electron chi connectivity index (χ1n) is 13.2. The van der Waals surface area contributed by atoms with E-state index in [2.05, 4.69) is 33.9 Å². The maximum Gasteiger partial charge on any atom is 0.264 e. The van der Waals surface area contributed by atoms with Gasteiger partial charge in [-0.2, -0.15) is 4.98 Å². The minimum atomic E-state index is -4.07. The van der Waals surface area contributed by atoms with Crippen molar-refractivity contribution >= 4 is 21.9 Å². The zero-order chi connectivity index (χ0) is 27.3. The summed E-state index contributed by atoms with van der Waals surface area (Å²) >= 11 is 0. The first-order chi connectivity index (χ1) is 18.2. The molecule has 1 aromatic heterocycles. The zero-order valence-electron chi connectivity index (χ0n) is 22.5. The number of aromatic nitrogens is 2. The van der Waals surface area contributed by atoms with E-state index in [1.165, 1.54) is 12.1 Å². The summed E-state index contributed by atoms with van der Waals surface area (Å²) in [5.41, 5.74) is 3.09. The Bertz CT molecular complexity index is 1390. The molecule has 2 aromatic carbocycles. The highest BCUT2D eigenvalue weighted by Gasteiger charge is 2.33. The lowest BCUT2D eigenvalue weighted by atomic mass is 9.87. The van der Waals surface area contributed by atoms with Crippen LogP contribution in [0.25, 0.3) is 11.3 Å². The van der Waals surface area contributed by atoms with Gasteiger partial charge in [0.05, 0.1) is 16.1 Å². The number of nitrogens with zero attached hydrogens (tertiary/aromatic N) is 2. The van der Waals surface area contributed by atoms with Crippen LogP contribution in [-0.2, 0) is 10.0 Å². The third-order valence-corrected chi connectivity index (χ3v) is 8.29. The quantitative estimate of drug-likeness (QED) is 0.395. The van der Waals surface area contributed by atoms with Crippen LogP contribution in [0.3, 0.4) is 0 Å².